The number of hydrogen-bond donors (Lipinski definition) is 3. The number of carbonyl (C=O) groups is 1. The molecule has 5 nitrogen and oxygen atoms in total. The Hall–Kier alpha value is -1.36. The minimum atomic E-state index is -0.355. The Balaban J connectivity index is 2.51. The molecular formula is C8H14N4O. The highest BCUT2D eigenvalue weighted by Gasteiger charge is 2.13. The van der Waals surface area contributed by atoms with Crippen LogP contribution in [0.25, 0.3) is 0 Å². The SMILES string of the molecule is CC(NC(C)c1ccn[nH]1)C(N)=O. The molecule has 1 aromatic rings. The van der Waals surface area contributed by atoms with E-state index in [1.165, 1.54) is 0 Å². The predicted octanol–water partition coefficient (Wildman–Crippen LogP) is -0.0659. The van der Waals surface area contributed by atoms with Crippen LogP contribution in [0.15, 0.2) is 12.3 Å². The second kappa shape index (κ2) is 4.04. The average molecular weight is 182 g/mol. The molecule has 1 heterocycles. The third-order valence-corrected chi connectivity index (χ3v) is 1.92. The van der Waals surface area contributed by atoms with Gasteiger partial charge in [0.1, 0.15) is 0 Å². The lowest BCUT2D eigenvalue weighted by atomic mass is 10.2. The molecule has 0 saturated heterocycles. The molecule has 0 radical (unpaired) electrons. The lowest BCUT2D eigenvalue weighted by Crippen LogP contribution is -2.40. The summed E-state index contributed by atoms with van der Waals surface area (Å²) in [5, 5.41) is 9.67. The van der Waals surface area contributed by atoms with Crippen molar-refractivity contribution in [3.63, 3.8) is 0 Å². The van der Waals surface area contributed by atoms with Crippen LogP contribution in [0.2, 0.25) is 0 Å². The van der Waals surface area contributed by atoms with Crippen molar-refractivity contribution >= 4 is 5.91 Å². The molecule has 2 unspecified atom stereocenters. The summed E-state index contributed by atoms with van der Waals surface area (Å²) < 4.78 is 0. The minimum absolute atomic E-state index is 0.0463. The van der Waals surface area contributed by atoms with E-state index in [0.717, 1.165) is 5.69 Å². The summed E-state index contributed by atoms with van der Waals surface area (Å²) in [7, 11) is 0. The summed E-state index contributed by atoms with van der Waals surface area (Å²) in [6.45, 7) is 3.67. The normalized spacial score (nSPS) is 15.2. The zero-order valence-electron chi connectivity index (χ0n) is 7.74. The van der Waals surface area contributed by atoms with E-state index in [9.17, 15) is 4.79 Å². The van der Waals surface area contributed by atoms with Crippen molar-refractivity contribution in [2.75, 3.05) is 0 Å². The summed E-state index contributed by atoms with van der Waals surface area (Å²) in [6, 6.07) is 1.56. The Morgan fingerprint density at radius 2 is 2.38 bits per heavy atom. The summed E-state index contributed by atoms with van der Waals surface area (Å²) in [5.74, 6) is -0.355. The average Bonchev–Trinajstić information content (AvgIpc) is 2.55. The fourth-order valence-corrected chi connectivity index (χ4v) is 1.05. The quantitative estimate of drug-likeness (QED) is 0.609. The van der Waals surface area contributed by atoms with E-state index in [1.54, 1.807) is 13.1 Å². The van der Waals surface area contributed by atoms with Gasteiger partial charge in [-0.25, -0.2) is 0 Å². The lowest BCUT2D eigenvalue weighted by molar-refractivity contribution is -0.119. The van der Waals surface area contributed by atoms with Crippen molar-refractivity contribution in [1.29, 1.82) is 0 Å². The van der Waals surface area contributed by atoms with E-state index in [2.05, 4.69) is 15.5 Å². The van der Waals surface area contributed by atoms with Crippen molar-refractivity contribution in [3.05, 3.63) is 18.0 Å². The molecule has 0 aromatic carbocycles. The van der Waals surface area contributed by atoms with Crippen LogP contribution < -0.4 is 11.1 Å². The third-order valence-electron chi connectivity index (χ3n) is 1.92. The maximum absolute atomic E-state index is 10.7. The largest absolute Gasteiger partial charge is 0.368 e. The van der Waals surface area contributed by atoms with Gasteiger partial charge in [-0.2, -0.15) is 5.10 Å². The number of aromatic amines is 1. The first-order chi connectivity index (χ1) is 6.11. The van der Waals surface area contributed by atoms with E-state index in [0.29, 0.717) is 0 Å². The van der Waals surface area contributed by atoms with Gasteiger partial charge in [0.15, 0.2) is 0 Å². The van der Waals surface area contributed by atoms with Crippen LogP contribution in [0.5, 0.6) is 0 Å². The maximum atomic E-state index is 10.7. The molecule has 1 amide bonds. The second-order valence-corrected chi connectivity index (χ2v) is 3.02. The molecule has 1 rings (SSSR count). The Kier molecular flexibility index (Phi) is 3.02. The summed E-state index contributed by atoms with van der Waals surface area (Å²) in [5.41, 5.74) is 6.05. The summed E-state index contributed by atoms with van der Waals surface area (Å²) in [6.07, 6.45) is 1.67. The van der Waals surface area contributed by atoms with Crippen molar-refractivity contribution in [1.82, 2.24) is 15.5 Å². The molecule has 0 spiro atoms. The Morgan fingerprint density at radius 3 is 2.85 bits per heavy atom. The Labute approximate surface area is 76.7 Å². The monoisotopic (exact) mass is 182 g/mol. The molecule has 0 fully saturated rings. The third kappa shape index (κ3) is 2.55. The molecule has 1 aromatic heterocycles. The van der Waals surface area contributed by atoms with Crippen molar-refractivity contribution in [3.8, 4) is 0 Å². The number of H-pyrrole nitrogens is 1. The zero-order valence-corrected chi connectivity index (χ0v) is 7.74. The van der Waals surface area contributed by atoms with Crippen molar-refractivity contribution < 1.29 is 4.79 Å². The number of aromatic nitrogens is 2. The maximum Gasteiger partial charge on any atom is 0.234 e. The molecule has 0 bridgehead atoms. The number of rotatable bonds is 4. The first-order valence-corrected chi connectivity index (χ1v) is 4.16. The number of carbonyl (C=O) groups excluding carboxylic acids is 1. The standard InChI is InChI=1S/C8H14N4O/c1-5(7-3-4-10-12-7)11-6(2)8(9)13/h3-6,11H,1-2H3,(H2,9,13)(H,10,12). The first-order valence-electron chi connectivity index (χ1n) is 4.16. The van der Waals surface area contributed by atoms with E-state index < -0.39 is 0 Å². The fourth-order valence-electron chi connectivity index (χ4n) is 1.05. The van der Waals surface area contributed by atoms with Crippen LogP contribution in [0.4, 0.5) is 0 Å². The Morgan fingerprint density at radius 1 is 1.69 bits per heavy atom. The van der Waals surface area contributed by atoms with Gasteiger partial charge in [-0.3, -0.25) is 15.2 Å². The molecule has 0 aliphatic carbocycles. The molecule has 0 aliphatic rings. The van der Waals surface area contributed by atoms with Gasteiger partial charge in [0.25, 0.3) is 0 Å². The van der Waals surface area contributed by atoms with E-state index in [4.69, 9.17) is 5.73 Å². The number of hydrogen-bond acceptors (Lipinski definition) is 3. The predicted molar refractivity (Wildman–Crippen MR) is 48.8 cm³/mol. The molecule has 72 valence electrons. The van der Waals surface area contributed by atoms with Crippen LogP contribution in [-0.2, 0) is 4.79 Å². The first kappa shape index (κ1) is 9.73. The van der Waals surface area contributed by atoms with Gasteiger partial charge >= 0.3 is 0 Å². The number of primary amides is 1. The van der Waals surface area contributed by atoms with Crippen LogP contribution in [0.1, 0.15) is 25.6 Å². The fraction of sp³-hybridized carbons (Fsp3) is 0.500. The molecule has 5 heteroatoms. The van der Waals surface area contributed by atoms with Gasteiger partial charge in [-0.15, -0.1) is 0 Å². The molecule has 0 aliphatic heterocycles. The van der Waals surface area contributed by atoms with E-state index in [-0.39, 0.29) is 18.0 Å². The van der Waals surface area contributed by atoms with Gasteiger partial charge in [-0.1, -0.05) is 0 Å². The Bertz CT molecular complexity index is 270. The van der Waals surface area contributed by atoms with Gasteiger partial charge in [0, 0.05) is 12.2 Å². The zero-order chi connectivity index (χ0) is 9.84. The number of nitrogens with zero attached hydrogens (tertiary/aromatic N) is 1. The molecular weight excluding hydrogens is 168 g/mol. The van der Waals surface area contributed by atoms with Crippen LogP contribution in [0, 0.1) is 0 Å². The van der Waals surface area contributed by atoms with Crippen LogP contribution >= 0.6 is 0 Å². The number of nitrogens with one attached hydrogen (secondary N) is 2. The van der Waals surface area contributed by atoms with Crippen LogP contribution in [-0.4, -0.2) is 22.1 Å². The topological polar surface area (TPSA) is 83.8 Å². The summed E-state index contributed by atoms with van der Waals surface area (Å²) in [4.78, 5) is 10.7. The van der Waals surface area contributed by atoms with Gasteiger partial charge in [0.2, 0.25) is 5.91 Å². The van der Waals surface area contributed by atoms with Crippen molar-refractivity contribution in [2.24, 2.45) is 5.73 Å². The smallest absolute Gasteiger partial charge is 0.234 e. The highest BCUT2D eigenvalue weighted by molar-refractivity contribution is 5.79. The van der Waals surface area contributed by atoms with Gasteiger partial charge in [0.05, 0.1) is 11.7 Å². The molecule has 13 heavy (non-hydrogen) atoms. The summed E-state index contributed by atoms with van der Waals surface area (Å²) >= 11 is 0. The van der Waals surface area contributed by atoms with E-state index >= 15 is 0 Å². The minimum Gasteiger partial charge on any atom is -0.368 e. The highest BCUT2D eigenvalue weighted by atomic mass is 16.1. The number of nitrogens with two attached hydrogens (primary N) is 1. The van der Waals surface area contributed by atoms with Gasteiger partial charge in [-0.05, 0) is 19.9 Å². The molecule has 2 atom stereocenters. The van der Waals surface area contributed by atoms with Crippen molar-refractivity contribution in [2.45, 2.75) is 25.9 Å². The van der Waals surface area contributed by atoms with E-state index in [1.807, 2.05) is 13.0 Å². The van der Waals surface area contributed by atoms with Gasteiger partial charge < -0.3 is 5.73 Å². The lowest BCUT2D eigenvalue weighted by Gasteiger charge is -2.15. The molecule has 0 saturated carbocycles. The highest BCUT2D eigenvalue weighted by Crippen LogP contribution is 2.07. The van der Waals surface area contributed by atoms with Crippen LogP contribution in [0.3, 0.4) is 0 Å². The number of amides is 1. The molecule has 4 N–H and O–H groups in total. The second-order valence-electron chi connectivity index (χ2n) is 3.02.